The number of amides is 1. The number of benzene rings is 1. The van der Waals surface area contributed by atoms with Crippen LogP contribution in [0.1, 0.15) is 32.8 Å². The number of hydrogen-bond acceptors (Lipinski definition) is 2. The van der Waals surface area contributed by atoms with Gasteiger partial charge in [0.05, 0.1) is 0 Å². The van der Waals surface area contributed by atoms with Crippen LogP contribution in [0.15, 0.2) is 24.3 Å². The van der Waals surface area contributed by atoms with Crippen molar-refractivity contribution in [3.63, 3.8) is 0 Å². The molecule has 0 saturated carbocycles. The van der Waals surface area contributed by atoms with Gasteiger partial charge in [0.15, 0.2) is 6.61 Å². The van der Waals surface area contributed by atoms with Crippen LogP contribution in [-0.2, 0) is 4.79 Å². The molecule has 94 valence electrons. The molecule has 3 heteroatoms. The smallest absolute Gasteiger partial charge is 0.258 e. The van der Waals surface area contributed by atoms with Crippen molar-refractivity contribution >= 4 is 5.91 Å². The molecule has 0 aromatic heterocycles. The molecule has 0 fully saturated rings. The summed E-state index contributed by atoms with van der Waals surface area (Å²) in [5, 5.41) is 2.93. The van der Waals surface area contributed by atoms with E-state index in [9.17, 15) is 4.79 Å². The lowest BCUT2D eigenvalue weighted by Crippen LogP contribution is -2.44. The molecule has 0 aliphatic rings. The maximum Gasteiger partial charge on any atom is 0.258 e. The first-order valence-electron chi connectivity index (χ1n) is 5.94. The lowest BCUT2D eigenvalue weighted by atomic mass is 10.0. The highest BCUT2D eigenvalue weighted by molar-refractivity contribution is 5.78. The number of hydrogen-bond donors (Lipinski definition) is 1. The van der Waals surface area contributed by atoms with E-state index in [1.807, 2.05) is 52.0 Å². The van der Waals surface area contributed by atoms with Gasteiger partial charge in [0, 0.05) is 5.54 Å². The number of nitrogens with one attached hydrogen (secondary N) is 1. The Hall–Kier alpha value is -1.51. The third-order valence-electron chi connectivity index (χ3n) is 2.81. The normalized spacial score (nSPS) is 11.1. The number of carbonyl (C=O) groups excluding carboxylic acids is 1. The van der Waals surface area contributed by atoms with E-state index in [-0.39, 0.29) is 18.1 Å². The van der Waals surface area contributed by atoms with Gasteiger partial charge in [0.25, 0.3) is 5.91 Å². The maximum atomic E-state index is 11.7. The summed E-state index contributed by atoms with van der Waals surface area (Å²) in [6, 6.07) is 7.68. The fraction of sp³-hybridized carbons (Fsp3) is 0.500. The van der Waals surface area contributed by atoms with Crippen molar-refractivity contribution in [2.75, 3.05) is 6.61 Å². The van der Waals surface area contributed by atoms with Gasteiger partial charge in [-0.3, -0.25) is 4.79 Å². The summed E-state index contributed by atoms with van der Waals surface area (Å²) in [5.74, 6) is 0.678. The minimum atomic E-state index is -0.174. The Balaban J connectivity index is 2.47. The molecule has 3 nitrogen and oxygen atoms in total. The van der Waals surface area contributed by atoms with Crippen molar-refractivity contribution in [2.45, 2.75) is 39.7 Å². The van der Waals surface area contributed by atoms with E-state index in [4.69, 9.17) is 4.74 Å². The minimum absolute atomic E-state index is 0.0638. The van der Waals surface area contributed by atoms with Crippen molar-refractivity contribution < 1.29 is 9.53 Å². The number of para-hydroxylation sites is 1. The summed E-state index contributed by atoms with van der Waals surface area (Å²) in [6.45, 7) is 8.07. The van der Waals surface area contributed by atoms with Gasteiger partial charge in [-0.2, -0.15) is 0 Å². The molecule has 0 atom stereocenters. The maximum absolute atomic E-state index is 11.7. The fourth-order valence-corrected chi connectivity index (χ4v) is 1.36. The van der Waals surface area contributed by atoms with Crippen LogP contribution in [0.5, 0.6) is 5.75 Å². The number of carbonyl (C=O) groups is 1. The lowest BCUT2D eigenvalue weighted by molar-refractivity contribution is -0.124. The van der Waals surface area contributed by atoms with Gasteiger partial charge in [-0.05, 0) is 38.8 Å². The Morgan fingerprint density at radius 3 is 2.59 bits per heavy atom. The van der Waals surface area contributed by atoms with Gasteiger partial charge in [0.2, 0.25) is 0 Å². The third kappa shape index (κ3) is 4.47. The molecule has 0 saturated heterocycles. The van der Waals surface area contributed by atoms with Crippen LogP contribution in [0.2, 0.25) is 0 Å². The first kappa shape index (κ1) is 13.6. The second kappa shape index (κ2) is 5.71. The molecule has 1 aromatic carbocycles. The third-order valence-corrected chi connectivity index (χ3v) is 2.81. The van der Waals surface area contributed by atoms with E-state index in [0.29, 0.717) is 0 Å². The van der Waals surface area contributed by atoms with Gasteiger partial charge < -0.3 is 10.1 Å². The molecule has 1 rings (SSSR count). The predicted octanol–water partition coefficient (Wildman–Crippen LogP) is 2.68. The average Bonchev–Trinajstić information content (AvgIpc) is 2.27. The van der Waals surface area contributed by atoms with Gasteiger partial charge in [-0.1, -0.05) is 25.1 Å². The number of ether oxygens (including phenoxy) is 1. The number of aryl methyl sites for hydroxylation is 1. The van der Waals surface area contributed by atoms with Crippen molar-refractivity contribution in [3.8, 4) is 5.75 Å². The van der Waals surface area contributed by atoms with E-state index in [1.165, 1.54) is 0 Å². The van der Waals surface area contributed by atoms with Crippen LogP contribution < -0.4 is 10.1 Å². The molecule has 0 unspecified atom stereocenters. The van der Waals surface area contributed by atoms with Crippen LogP contribution >= 0.6 is 0 Å². The second-order valence-electron chi connectivity index (χ2n) is 4.84. The molecular weight excluding hydrogens is 214 g/mol. The summed E-state index contributed by atoms with van der Waals surface area (Å²) in [6.07, 6.45) is 0.892. The molecule has 0 heterocycles. The molecule has 1 amide bonds. The molecule has 17 heavy (non-hydrogen) atoms. The second-order valence-corrected chi connectivity index (χ2v) is 4.84. The highest BCUT2D eigenvalue weighted by Gasteiger charge is 2.17. The molecule has 0 radical (unpaired) electrons. The summed E-state index contributed by atoms with van der Waals surface area (Å²) < 4.78 is 5.48. The van der Waals surface area contributed by atoms with Gasteiger partial charge >= 0.3 is 0 Å². The van der Waals surface area contributed by atoms with Crippen molar-refractivity contribution in [2.24, 2.45) is 0 Å². The molecule has 0 aliphatic heterocycles. The topological polar surface area (TPSA) is 38.3 Å². The Morgan fingerprint density at radius 2 is 2.00 bits per heavy atom. The van der Waals surface area contributed by atoms with Gasteiger partial charge in [0.1, 0.15) is 5.75 Å². The Morgan fingerprint density at radius 1 is 1.35 bits per heavy atom. The summed E-state index contributed by atoms with van der Waals surface area (Å²) >= 11 is 0. The Kier molecular flexibility index (Phi) is 4.55. The van der Waals surface area contributed by atoms with Crippen LogP contribution in [0.3, 0.4) is 0 Å². The largest absolute Gasteiger partial charge is 0.484 e. The highest BCUT2D eigenvalue weighted by Crippen LogP contribution is 2.16. The monoisotopic (exact) mass is 235 g/mol. The zero-order chi connectivity index (χ0) is 12.9. The van der Waals surface area contributed by atoms with Crippen LogP contribution in [0.25, 0.3) is 0 Å². The van der Waals surface area contributed by atoms with E-state index in [1.54, 1.807) is 0 Å². The number of rotatable bonds is 5. The molecule has 1 N–H and O–H groups in total. The average molecular weight is 235 g/mol. The molecule has 0 aliphatic carbocycles. The van der Waals surface area contributed by atoms with Gasteiger partial charge in [-0.15, -0.1) is 0 Å². The lowest BCUT2D eigenvalue weighted by Gasteiger charge is -2.24. The first-order valence-corrected chi connectivity index (χ1v) is 5.94. The minimum Gasteiger partial charge on any atom is -0.484 e. The fourth-order valence-electron chi connectivity index (χ4n) is 1.36. The SMILES string of the molecule is CCC(C)(C)NC(=O)COc1ccccc1C. The first-order chi connectivity index (χ1) is 7.94. The predicted molar refractivity (Wildman–Crippen MR) is 69.2 cm³/mol. The highest BCUT2D eigenvalue weighted by atomic mass is 16.5. The Bertz CT molecular complexity index is 386. The van der Waals surface area contributed by atoms with E-state index in [2.05, 4.69) is 5.32 Å². The standard InChI is InChI=1S/C14H21NO2/c1-5-14(3,4)15-13(16)10-17-12-9-7-6-8-11(12)2/h6-9H,5,10H2,1-4H3,(H,15,16). The van der Waals surface area contributed by atoms with E-state index in [0.717, 1.165) is 17.7 Å². The van der Waals surface area contributed by atoms with Crippen LogP contribution in [-0.4, -0.2) is 18.1 Å². The van der Waals surface area contributed by atoms with E-state index >= 15 is 0 Å². The van der Waals surface area contributed by atoms with Crippen LogP contribution in [0.4, 0.5) is 0 Å². The van der Waals surface area contributed by atoms with E-state index < -0.39 is 0 Å². The van der Waals surface area contributed by atoms with Crippen LogP contribution in [0, 0.1) is 6.92 Å². The summed E-state index contributed by atoms with van der Waals surface area (Å²) in [4.78, 5) is 11.7. The zero-order valence-corrected chi connectivity index (χ0v) is 11.0. The summed E-state index contributed by atoms with van der Waals surface area (Å²) in [7, 11) is 0. The molecule has 1 aromatic rings. The quantitative estimate of drug-likeness (QED) is 0.852. The van der Waals surface area contributed by atoms with Crippen molar-refractivity contribution in [1.82, 2.24) is 5.32 Å². The molecule has 0 bridgehead atoms. The Labute approximate surface area is 103 Å². The van der Waals surface area contributed by atoms with Crippen molar-refractivity contribution in [1.29, 1.82) is 0 Å². The molecular formula is C14H21NO2. The molecule has 0 spiro atoms. The van der Waals surface area contributed by atoms with Gasteiger partial charge in [-0.25, -0.2) is 0 Å². The van der Waals surface area contributed by atoms with Crippen molar-refractivity contribution in [3.05, 3.63) is 29.8 Å². The summed E-state index contributed by atoms with van der Waals surface area (Å²) in [5.41, 5.74) is 0.863. The zero-order valence-electron chi connectivity index (χ0n) is 11.0.